The minimum absolute atomic E-state index is 0. The van der Waals surface area contributed by atoms with Gasteiger partial charge in [-0.15, -0.1) is 12.4 Å². The zero-order chi connectivity index (χ0) is 18.7. The third-order valence-electron chi connectivity index (χ3n) is 4.21. The first kappa shape index (κ1) is 21.0. The zero-order valence-electron chi connectivity index (χ0n) is 14.6. The molecule has 1 saturated heterocycles. The van der Waals surface area contributed by atoms with Crippen molar-refractivity contribution < 1.29 is 14.5 Å². The number of rotatable bonds is 4. The molecule has 0 saturated carbocycles. The lowest BCUT2D eigenvalue weighted by Gasteiger charge is -2.34. The van der Waals surface area contributed by atoms with E-state index in [1.165, 1.54) is 18.2 Å². The van der Waals surface area contributed by atoms with E-state index in [1.807, 2.05) is 11.8 Å². The number of nitrogens with zero attached hydrogens (tertiary/aromatic N) is 2. The van der Waals surface area contributed by atoms with Crippen molar-refractivity contribution in [1.82, 2.24) is 10.2 Å². The molecule has 9 heteroatoms. The molecular weight excluding hydrogens is 393 g/mol. The van der Waals surface area contributed by atoms with Crippen molar-refractivity contribution in [2.45, 2.75) is 13.0 Å². The molecule has 1 heterocycles. The van der Waals surface area contributed by atoms with Crippen molar-refractivity contribution >= 4 is 35.6 Å². The average molecular weight is 412 g/mol. The minimum atomic E-state index is -0.551. The molecule has 1 aliphatic heterocycles. The quantitative estimate of drug-likeness (QED) is 0.608. The highest BCUT2D eigenvalue weighted by atomic mass is 35.5. The lowest BCUT2D eigenvalue weighted by Crippen LogP contribution is -2.52. The number of nitro groups is 1. The first-order chi connectivity index (χ1) is 12.5. The second-order valence-electron chi connectivity index (χ2n) is 6.05. The number of nitro benzene ring substituents is 1. The first-order valence-corrected chi connectivity index (χ1v) is 8.57. The number of amides is 1. The molecule has 0 aliphatic carbocycles. The lowest BCUT2D eigenvalue weighted by molar-refractivity contribution is -0.385. The van der Waals surface area contributed by atoms with E-state index >= 15 is 0 Å². The fraction of sp³-hybridized carbons (Fsp3) is 0.278. The van der Waals surface area contributed by atoms with Crippen molar-refractivity contribution in [1.29, 1.82) is 0 Å². The molecule has 27 heavy (non-hydrogen) atoms. The number of carbonyl (C=O) groups is 1. The molecule has 7 nitrogen and oxygen atoms in total. The predicted molar refractivity (Wildman–Crippen MR) is 105 cm³/mol. The Morgan fingerprint density at radius 2 is 2.00 bits per heavy atom. The van der Waals surface area contributed by atoms with Crippen molar-refractivity contribution in [3.05, 3.63) is 63.2 Å². The van der Waals surface area contributed by atoms with E-state index in [0.717, 1.165) is 13.1 Å². The number of halogens is 2. The summed E-state index contributed by atoms with van der Waals surface area (Å²) < 4.78 is 5.59. The van der Waals surface area contributed by atoms with Gasteiger partial charge in [-0.1, -0.05) is 11.6 Å². The Balaban J connectivity index is 0.00000261. The summed E-state index contributed by atoms with van der Waals surface area (Å²) in [5, 5.41) is 14.6. The molecule has 2 aromatic rings. The Kier molecular flexibility index (Phi) is 7.01. The zero-order valence-corrected chi connectivity index (χ0v) is 16.1. The van der Waals surface area contributed by atoms with Crippen LogP contribution in [0.1, 0.15) is 17.3 Å². The Morgan fingerprint density at radius 3 is 2.63 bits per heavy atom. The Labute approximate surface area is 167 Å². The molecule has 0 spiro atoms. The van der Waals surface area contributed by atoms with Gasteiger partial charge in [0.2, 0.25) is 5.75 Å². The molecule has 1 N–H and O–H groups in total. The van der Waals surface area contributed by atoms with Crippen LogP contribution in [-0.2, 0) is 0 Å². The maximum atomic E-state index is 12.6. The minimum Gasteiger partial charge on any atom is -0.450 e. The van der Waals surface area contributed by atoms with Gasteiger partial charge in [0.25, 0.3) is 5.91 Å². The molecule has 0 radical (unpaired) electrons. The van der Waals surface area contributed by atoms with Crippen LogP contribution in [0.25, 0.3) is 0 Å². The average Bonchev–Trinajstić information content (AvgIpc) is 2.63. The van der Waals surface area contributed by atoms with Crippen LogP contribution < -0.4 is 10.1 Å². The highest BCUT2D eigenvalue weighted by Crippen LogP contribution is 2.33. The number of benzene rings is 2. The van der Waals surface area contributed by atoms with E-state index < -0.39 is 4.92 Å². The number of piperazine rings is 1. The summed E-state index contributed by atoms with van der Waals surface area (Å²) >= 11 is 5.80. The van der Waals surface area contributed by atoms with Gasteiger partial charge in [0.15, 0.2) is 0 Å². The third kappa shape index (κ3) is 4.88. The van der Waals surface area contributed by atoms with Crippen LogP contribution in [0.2, 0.25) is 5.02 Å². The van der Waals surface area contributed by atoms with Crippen LogP contribution in [0.3, 0.4) is 0 Å². The van der Waals surface area contributed by atoms with Crippen LogP contribution >= 0.6 is 24.0 Å². The summed E-state index contributed by atoms with van der Waals surface area (Å²) in [6.45, 7) is 4.21. The summed E-state index contributed by atoms with van der Waals surface area (Å²) in [7, 11) is 0. The van der Waals surface area contributed by atoms with Crippen LogP contribution in [0.4, 0.5) is 5.69 Å². The van der Waals surface area contributed by atoms with Crippen LogP contribution in [0, 0.1) is 10.1 Å². The highest BCUT2D eigenvalue weighted by molar-refractivity contribution is 6.30. The van der Waals surface area contributed by atoms with E-state index in [9.17, 15) is 14.9 Å². The fourth-order valence-corrected chi connectivity index (χ4v) is 2.99. The van der Waals surface area contributed by atoms with Crippen molar-refractivity contribution in [3.8, 4) is 11.5 Å². The first-order valence-electron chi connectivity index (χ1n) is 8.19. The van der Waals surface area contributed by atoms with Gasteiger partial charge in [0.1, 0.15) is 5.75 Å². The van der Waals surface area contributed by atoms with Crippen LogP contribution in [0.5, 0.6) is 11.5 Å². The number of ether oxygens (including phenoxy) is 1. The summed E-state index contributed by atoms with van der Waals surface area (Å²) in [6, 6.07) is 10.9. The molecule has 1 amide bonds. The van der Waals surface area contributed by atoms with E-state index in [2.05, 4.69) is 5.32 Å². The number of hydrogen-bond donors (Lipinski definition) is 1. The Morgan fingerprint density at radius 1 is 1.30 bits per heavy atom. The highest BCUT2D eigenvalue weighted by Gasteiger charge is 2.24. The standard InChI is InChI=1S/C18H18ClN3O4.ClH/c1-12-11-20-8-9-21(12)18(23)13-2-5-15(6-3-13)26-17-7-4-14(19)10-16(17)22(24)25;/h2-7,10,12,20H,8-9,11H2,1H3;1H/t12-;/m0./s1. The van der Waals surface area contributed by atoms with Crippen molar-refractivity contribution in [2.75, 3.05) is 19.6 Å². The number of carbonyl (C=O) groups excluding carboxylic acids is 1. The molecule has 1 aliphatic rings. The maximum Gasteiger partial charge on any atom is 0.313 e. The van der Waals surface area contributed by atoms with Crippen molar-refractivity contribution in [2.24, 2.45) is 0 Å². The molecule has 0 aromatic heterocycles. The SMILES string of the molecule is C[C@H]1CNCCN1C(=O)c1ccc(Oc2ccc(Cl)cc2[N+](=O)[O-])cc1.Cl. The summed E-state index contributed by atoms with van der Waals surface area (Å²) in [5.41, 5.74) is 0.337. The lowest BCUT2D eigenvalue weighted by atomic mass is 10.1. The van der Waals surface area contributed by atoms with Gasteiger partial charge in [-0.3, -0.25) is 14.9 Å². The third-order valence-corrected chi connectivity index (χ3v) is 4.44. The normalized spacial score (nSPS) is 16.4. The van der Waals surface area contributed by atoms with Crippen LogP contribution in [0.15, 0.2) is 42.5 Å². The molecule has 3 rings (SSSR count). The summed E-state index contributed by atoms with van der Waals surface area (Å²) in [6.07, 6.45) is 0. The Bertz CT molecular complexity index is 830. The largest absolute Gasteiger partial charge is 0.450 e. The number of nitrogens with one attached hydrogen (secondary N) is 1. The van der Waals surface area contributed by atoms with Gasteiger partial charge in [-0.25, -0.2) is 0 Å². The summed E-state index contributed by atoms with van der Waals surface area (Å²) in [5.74, 6) is 0.456. The van der Waals surface area contributed by atoms with Gasteiger partial charge in [0, 0.05) is 42.3 Å². The molecule has 0 bridgehead atoms. The van der Waals surface area contributed by atoms with Gasteiger partial charge >= 0.3 is 5.69 Å². The fourth-order valence-electron chi connectivity index (χ4n) is 2.82. The molecule has 0 unspecified atom stereocenters. The second-order valence-corrected chi connectivity index (χ2v) is 6.48. The van der Waals surface area contributed by atoms with E-state index in [1.54, 1.807) is 24.3 Å². The van der Waals surface area contributed by atoms with E-state index in [0.29, 0.717) is 17.9 Å². The van der Waals surface area contributed by atoms with Gasteiger partial charge in [-0.2, -0.15) is 0 Å². The van der Waals surface area contributed by atoms with Gasteiger partial charge in [-0.05, 0) is 43.3 Å². The van der Waals surface area contributed by atoms with Crippen molar-refractivity contribution in [3.63, 3.8) is 0 Å². The Hall–Kier alpha value is -2.35. The summed E-state index contributed by atoms with van der Waals surface area (Å²) in [4.78, 5) is 25.0. The number of hydrogen-bond acceptors (Lipinski definition) is 5. The smallest absolute Gasteiger partial charge is 0.313 e. The second kappa shape index (κ2) is 9.03. The molecule has 2 aromatic carbocycles. The van der Waals surface area contributed by atoms with Gasteiger partial charge < -0.3 is 15.0 Å². The van der Waals surface area contributed by atoms with E-state index in [-0.39, 0.29) is 40.8 Å². The van der Waals surface area contributed by atoms with Gasteiger partial charge in [0.05, 0.1) is 4.92 Å². The molecule has 144 valence electrons. The molecule has 1 atom stereocenters. The maximum absolute atomic E-state index is 12.6. The predicted octanol–water partition coefficient (Wildman–Crippen LogP) is 3.90. The van der Waals surface area contributed by atoms with Crippen LogP contribution in [-0.4, -0.2) is 41.4 Å². The topological polar surface area (TPSA) is 84.7 Å². The molecular formula is C18H19Cl2N3O4. The molecule has 1 fully saturated rings. The van der Waals surface area contributed by atoms with E-state index in [4.69, 9.17) is 16.3 Å². The monoisotopic (exact) mass is 411 g/mol.